The number of nitrogens with one attached hydrogen (secondary N) is 1. The standard InChI is InChI=1S/C57H62N4O9/c1-37(2)47(53(64)68-3)58-56(67)60-45-31-26-39(25-24-38-18-10-7-11-19-38)36-44(45)57(55(60)66)46(52(63)59-32-16-5-4-6-17-33-59)49-54(65)70-50(41-22-14-9-15-23-41)48(40-20-12-8-13-21-40)61(49)51(57)42-27-29-43(30-28-42)69-35-34-62/h8-9,12-15,18,20-23,26-31,36-37,46-51,62H,4-7,10-11,16-17,19,32-35H2,1-3H3,(H,58,67). The van der Waals surface area contributed by atoms with Crippen molar-refractivity contribution in [3.05, 3.63) is 143 Å². The molecule has 364 valence electrons. The number of hydrogen-bond acceptors (Lipinski definition) is 10. The van der Waals surface area contributed by atoms with Crippen LogP contribution in [0.1, 0.15) is 118 Å². The molecule has 3 fully saturated rings. The van der Waals surface area contributed by atoms with E-state index < -0.39 is 71.4 Å². The third kappa shape index (κ3) is 8.99. The molecule has 0 aromatic heterocycles. The number of aliphatic hydroxyl groups excluding tert-OH is 1. The highest BCUT2D eigenvalue weighted by molar-refractivity contribution is 6.25. The van der Waals surface area contributed by atoms with Crippen molar-refractivity contribution in [3.63, 3.8) is 0 Å². The van der Waals surface area contributed by atoms with E-state index in [1.165, 1.54) is 7.11 Å². The molecule has 7 atom stereocenters. The fourth-order valence-corrected chi connectivity index (χ4v) is 11.5. The van der Waals surface area contributed by atoms with Gasteiger partial charge < -0.3 is 29.5 Å². The number of aliphatic hydroxyl groups is 1. The van der Waals surface area contributed by atoms with Gasteiger partial charge in [0.1, 0.15) is 36.0 Å². The van der Waals surface area contributed by atoms with Gasteiger partial charge in [-0.25, -0.2) is 14.5 Å². The quantitative estimate of drug-likeness (QED) is 0.117. The lowest BCUT2D eigenvalue weighted by molar-refractivity contribution is -0.179. The van der Waals surface area contributed by atoms with Gasteiger partial charge in [-0.2, -0.15) is 0 Å². The number of amides is 4. The monoisotopic (exact) mass is 946 g/mol. The number of methoxy groups -OCH3 is 1. The highest BCUT2D eigenvalue weighted by Gasteiger charge is 2.76. The molecule has 4 amide bonds. The maximum atomic E-state index is 16.8. The molecular formula is C57H62N4O9. The minimum Gasteiger partial charge on any atom is -0.491 e. The Morgan fingerprint density at radius 2 is 1.50 bits per heavy atom. The van der Waals surface area contributed by atoms with Crippen LogP contribution >= 0.6 is 0 Å². The van der Waals surface area contributed by atoms with Crippen molar-refractivity contribution >= 4 is 35.5 Å². The molecule has 2 N–H and O–H groups in total. The summed E-state index contributed by atoms with van der Waals surface area (Å²) in [7, 11) is 1.24. The number of cyclic esters (lactones) is 1. The van der Waals surface area contributed by atoms with Crippen molar-refractivity contribution in [3.8, 4) is 17.6 Å². The topological polar surface area (TPSA) is 155 Å². The second kappa shape index (κ2) is 21.1. The smallest absolute Gasteiger partial charge is 0.329 e. The SMILES string of the molecule is COC(=O)C(NC(=O)N1C(=O)C2(c3cc(C#CC4=CCCCC4)ccc31)C(C(=O)N1CCCCCCC1)C1C(=O)OC(c3ccccc3)C(c3ccccc3)N1C2c1ccc(OCCO)cc1)C(C)C. The molecule has 4 heterocycles. The molecule has 4 aromatic carbocycles. The van der Waals surface area contributed by atoms with E-state index in [2.05, 4.69) is 23.2 Å². The van der Waals surface area contributed by atoms with Crippen LogP contribution in [0, 0.1) is 23.7 Å². The molecule has 13 nitrogen and oxygen atoms in total. The van der Waals surface area contributed by atoms with Gasteiger partial charge in [0.2, 0.25) is 11.8 Å². The number of carbonyl (C=O) groups excluding carboxylic acids is 5. The van der Waals surface area contributed by atoms with Crippen LogP contribution in [-0.4, -0.2) is 90.2 Å². The zero-order valence-corrected chi connectivity index (χ0v) is 40.2. The van der Waals surface area contributed by atoms with Gasteiger partial charge in [-0.05, 0) is 103 Å². The Bertz CT molecular complexity index is 2670. The van der Waals surface area contributed by atoms with Crippen molar-refractivity contribution in [2.75, 3.05) is 38.3 Å². The van der Waals surface area contributed by atoms with Crippen LogP contribution in [0.2, 0.25) is 0 Å². The summed E-state index contributed by atoms with van der Waals surface area (Å²) in [4.78, 5) is 82.0. The first-order chi connectivity index (χ1) is 34.1. The predicted octanol–water partition coefficient (Wildman–Crippen LogP) is 8.28. The summed E-state index contributed by atoms with van der Waals surface area (Å²) >= 11 is 0. The van der Waals surface area contributed by atoms with E-state index in [4.69, 9.17) is 14.2 Å². The lowest BCUT2D eigenvalue weighted by Crippen LogP contribution is -2.58. The van der Waals surface area contributed by atoms with Gasteiger partial charge in [0.15, 0.2) is 0 Å². The van der Waals surface area contributed by atoms with Crippen molar-refractivity contribution < 1.29 is 43.3 Å². The number of allylic oxidation sites excluding steroid dienone is 2. The highest BCUT2D eigenvalue weighted by Crippen LogP contribution is 2.66. The molecule has 1 aliphatic carbocycles. The van der Waals surface area contributed by atoms with E-state index in [1.807, 2.05) is 88.7 Å². The second-order valence-corrected chi connectivity index (χ2v) is 19.3. The molecule has 13 heteroatoms. The molecule has 4 aromatic rings. The molecule has 1 spiro atoms. The van der Waals surface area contributed by atoms with Gasteiger partial charge in [-0.1, -0.05) is 124 Å². The number of nitrogens with zero attached hydrogens (tertiary/aromatic N) is 3. The van der Waals surface area contributed by atoms with Crippen LogP contribution in [0.25, 0.3) is 0 Å². The van der Waals surface area contributed by atoms with Crippen molar-refractivity contribution in [1.82, 2.24) is 15.1 Å². The number of carbonyl (C=O) groups is 5. The Kier molecular flexibility index (Phi) is 14.5. The number of benzene rings is 4. The predicted molar refractivity (Wildman–Crippen MR) is 263 cm³/mol. The van der Waals surface area contributed by atoms with E-state index in [0.717, 1.165) is 79.4 Å². The fraction of sp³-hybridized carbons (Fsp3) is 0.421. The largest absolute Gasteiger partial charge is 0.491 e. The van der Waals surface area contributed by atoms with Gasteiger partial charge in [0.05, 0.1) is 37.4 Å². The molecule has 0 bridgehead atoms. The first kappa shape index (κ1) is 48.3. The van der Waals surface area contributed by atoms with Crippen molar-refractivity contribution in [2.24, 2.45) is 11.8 Å². The Labute approximate surface area is 410 Å². The highest BCUT2D eigenvalue weighted by atomic mass is 16.6. The maximum Gasteiger partial charge on any atom is 0.329 e. The van der Waals surface area contributed by atoms with Crippen LogP contribution in [0.5, 0.6) is 5.75 Å². The van der Waals surface area contributed by atoms with E-state index in [1.54, 1.807) is 38.1 Å². The zero-order chi connectivity index (χ0) is 48.9. The molecule has 0 radical (unpaired) electrons. The van der Waals surface area contributed by atoms with Crippen LogP contribution in [0.15, 0.2) is 115 Å². The summed E-state index contributed by atoms with van der Waals surface area (Å²) in [6.07, 6.45) is 9.53. The summed E-state index contributed by atoms with van der Waals surface area (Å²) in [5.41, 5.74) is 2.25. The van der Waals surface area contributed by atoms with Crippen LogP contribution in [-0.2, 0) is 34.1 Å². The Balaban J connectivity index is 1.36. The Morgan fingerprint density at radius 1 is 0.814 bits per heavy atom. The summed E-state index contributed by atoms with van der Waals surface area (Å²) in [5.74, 6) is 2.90. The molecule has 7 unspecified atom stereocenters. The Hall–Kier alpha value is -6.75. The molecule has 5 aliphatic rings. The number of fused-ring (bicyclic) bond motifs is 3. The minimum atomic E-state index is -1.98. The first-order valence-corrected chi connectivity index (χ1v) is 24.9. The maximum absolute atomic E-state index is 16.8. The van der Waals surface area contributed by atoms with Crippen LogP contribution in [0.3, 0.4) is 0 Å². The van der Waals surface area contributed by atoms with Gasteiger partial charge >= 0.3 is 18.0 Å². The summed E-state index contributed by atoms with van der Waals surface area (Å²) in [6, 6.07) is 26.4. The molecule has 3 saturated heterocycles. The number of imide groups is 1. The summed E-state index contributed by atoms with van der Waals surface area (Å²) in [6.45, 7) is 4.23. The summed E-state index contributed by atoms with van der Waals surface area (Å²) in [5, 5.41) is 12.5. The normalized spacial score (nSPS) is 24.8. The molecule has 9 rings (SSSR count). The minimum absolute atomic E-state index is 0.0492. The van der Waals surface area contributed by atoms with Crippen LogP contribution < -0.4 is 15.0 Å². The van der Waals surface area contributed by atoms with Crippen molar-refractivity contribution in [2.45, 2.75) is 107 Å². The zero-order valence-electron chi connectivity index (χ0n) is 40.2. The van der Waals surface area contributed by atoms with E-state index in [0.29, 0.717) is 35.5 Å². The van der Waals surface area contributed by atoms with Crippen LogP contribution in [0.4, 0.5) is 10.5 Å². The number of anilines is 1. The number of urea groups is 1. The lowest BCUT2D eigenvalue weighted by Gasteiger charge is -2.46. The number of likely N-dealkylation sites (tertiary alicyclic amines) is 1. The lowest BCUT2D eigenvalue weighted by atomic mass is 9.64. The molecular weight excluding hydrogens is 885 g/mol. The van der Waals surface area contributed by atoms with E-state index in [9.17, 15) is 9.90 Å². The number of ether oxygens (including phenoxy) is 3. The first-order valence-electron chi connectivity index (χ1n) is 24.9. The average molecular weight is 947 g/mol. The number of hydrogen-bond donors (Lipinski definition) is 2. The number of rotatable bonds is 10. The number of morpholine rings is 1. The fourth-order valence-electron chi connectivity index (χ4n) is 11.5. The van der Waals surface area contributed by atoms with Gasteiger partial charge in [0, 0.05) is 18.7 Å². The van der Waals surface area contributed by atoms with Gasteiger partial charge in [-0.15, -0.1) is 0 Å². The third-order valence-corrected chi connectivity index (χ3v) is 14.7. The average Bonchev–Trinajstić information content (AvgIpc) is 3.83. The Morgan fingerprint density at radius 3 is 2.14 bits per heavy atom. The van der Waals surface area contributed by atoms with E-state index in [-0.39, 0.29) is 24.8 Å². The number of esters is 2. The third-order valence-electron chi connectivity index (χ3n) is 14.7. The van der Waals surface area contributed by atoms with Gasteiger partial charge in [0.25, 0.3) is 0 Å². The summed E-state index contributed by atoms with van der Waals surface area (Å²) < 4.78 is 17.7. The van der Waals surface area contributed by atoms with E-state index >= 15 is 19.2 Å². The molecule has 70 heavy (non-hydrogen) atoms. The van der Waals surface area contributed by atoms with Crippen molar-refractivity contribution in [1.29, 1.82) is 0 Å². The second-order valence-electron chi connectivity index (χ2n) is 19.3. The van der Waals surface area contributed by atoms with Gasteiger partial charge in [-0.3, -0.25) is 19.3 Å². The molecule has 0 saturated carbocycles. The molecule has 4 aliphatic heterocycles.